The Bertz CT molecular complexity index is 416. The van der Waals surface area contributed by atoms with E-state index >= 15 is 0 Å². The van der Waals surface area contributed by atoms with Crippen molar-refractivity contribution in [1.82, 2.24) is 0 Å². The van der Waals surface area contributed by atoms with Gasteiger partial charge in [-0.2, -0.15) is 0 Å². The molecule has 0 atom stereocenters. The highest BCUT2D eigenvalue weighted by Gasteiger charge is 2.46. The molecule has 5 heteroatoms. The van der Waals surface area contributed by atoms with Crippen LogP contribution in [0.3, 0.4) is 0 Å². The van der Waals surface area contributed by atoms with E-state index in [1.165, 1.54) is 0 Å². The number of nitrogens with two attached hydrogens (primary N) is 1. The van der Waals surface area contributed by atoms with E-state index in [1.807, 2.05) is 0 Å². The Morgan fingerprint density at radius 2 is 2.00 bits per heavy atom. The summed E-state index contributed by atoms with van der Waals surface area (Å²) >= 11 is 11.7. The smallest absolute Gasteiger partial charge is 0.232 e. The lowest BCUT2D eigenvalue weighted by atomic mass is 9.78. The van der Waals surface area contributed by atoms with Gasteiger partial charge >= 0.3 is 0 Å². The lowest BCUT2D eigenvalue weighted by Crippen LogP contribution is -2.56. The maximum Gasteiger partial charge on any atom is 0.232 e. The number of rotatable bonds is 2. The van der Waals surface area contributed by atoms with Crippen LogP contribution in [0.15, 0.2) is 18.2 Å². The monoisotopic (exact) mass is 245 g/mol. The molecule has 0 aromatic heterocycles. The summed E-state index contributed by atoms with van der Waals surface area (Å²) in [6, 6.07) is 5.07. The van der Waals surface area contributed by atoms with Crippen LogP contribution in [-0.2, 0) is 14.9 Å². The van der Waals surface area contributed by atoms with E-state index in [4.69, 9.17) is 33.7 Å². The minimum Gasteiger partial charge on any atom is -0.378 e. The number of carbonyl (C=O) groups excluding carboxylic acids is 1. The van der Waals surface area contributed by atoms with Gasteiger partial charge in [0.25, 0.3) is 0 Å². The maximum absolute atomic E-state index is 11.4. The van der Waals surface area contributed by atoms with E-state index in [1.54, 1.807) is 18.2 Å². The van der Waals surface area contributed by atoms with Gasteiger partial charge in [0.1, 0.15) is 5.41 Å². The van der Waals surface area contributed by atoms with Crippen molar-refractivity contribution in [2.24, 2.45) is 5.73 Å². The molecular formula is C10H9Cl2NO2. The Hall–Kier alpha value is -0.770. The molecule has 1 aliphatic rings. The lowest BCUT2D eigenvalue weighted by Gasteiger charge is -2.38. The molecule has 1 amide bonds. The Labute approximate surface area is 97.1 Å². The normalized spacial score (nSPS) is 18.3. The first-order valence-corrected chi connectivity index (χ1v) is 5.15. The van der Waals surface area contributed by atoms with E-state index in [9.17, 15) is 4.79 Å². The van der Waals surface area contributed by atoms with Crippen LogP contribution in [0.25, 0.3) is 0 Å². The van der Waals surface area contributed by atoms with Gasteiger partial charge in [0, 0.05) is 0 Å². The number of hydrogen-bond donors (Lipinski definition) is 1. The van der Waals surface area contributed by atoms with E-state index in [-0.39, 0.29) is 0 Å². The fraction of sp³-hybridized carbons (Fsp3) is 0.300. The number of primary amides is 1. The van der Waals surface area contributed by atoms with Crippen LogP contribution in [0.1, 0.15) is 5.56 Å². The molecule has 1 aromatic rings. The maximum atomic E-state index is 11.4. The number of amides is 1. The third-order valence-corrected chi connectivity index (χ3v) is 3.38. The van der Waals surface area contributed by atoms with Crippen molar-refractivity contribution in [3.63, 3.8) is 0 Å². The summed E-state index contributed by atoms with van der Waals surface area (Å²) in [5, 5.41) is 0.877. The van der Waals surface area contributed by atoms with Crippen molar-refractivity contribution in [2.75, 3.05) is 13.2 Å². The summed E-state index contributed by atoms with van der Waals surface area (Å²) in [6.07, 6.45) is 0. The van der Waals surface area contributed by atoms with Crippen LogP contribution in [0.2, 0.25) is 10.0 Å². The van der Waals surface area contributed by atoms with E-state index in [2.05, 4.69) is 0 Å². The summed E-state index contributed by atoms with van der Waals surface area (Å²) in [6.45, 7) is 0.612. The van der Waals surface area contributed by atoms with Crippen LogP contribution in [0.5, 0.6) is 0 Å². The van der Waals surface area contributed by atoms with Crippen molar-refractivity contribution >= 4 is 29.1 Å². The molecule has 0 radical (unpaired) electrons. The molecule has 2 rings (SSSR count). The molecule has 2 N–H and O–H groups in total. The first-order chi connectivity index (χ1) is 7.06. The summed E-state index contributed by atoms with van der Waals surface area (Å²) in [5.41, 5.74) is 5.39. The number of carbonyl (C=O) groups is 1. The molecule has 0 saturated carbocycles. The molecular weight excluding hydrogens is 237 g/mol. The molecule has 1 aromatic carbocycles. The zero-order valence-electron chi connectivity index (χ0n) is 7.80. The summed E-state index contributed by atoms with van der Waals surface area (Å²) in [5.74, 6) is -0.396. The molecule has 0 unspecified atom stereocenters. The zero-order valence-corrected chi connectivity index (χ0v) is 9.31. The van der Waals surface area contributed by atoms with Gasteiger partial charge in [0.2, 0.25) is 5.91 Å². The largest absolute Gasteiger partial charge is 0.378 e. The average Bonchev–Trinajstić information content (AvgIpc) is 2.08. The van der Waals surface area contributed by atoms with Crippen molar-refractivity contribution in [1.29, 1.82) is 0 Å². The summed E-state index contributed by atoms with van der Waals surface area (Å²) < 4.78 is 5.05. The topological polar surface area (TPSA) is 52.3 Å². The third kappa shape index (κ3) is 1.61. The first kappa shape index (κ1) is 10.7. The second-order valence-electron chi connectivity index (χ2n) is 3.57. The third-order valence-electron chi connectivity index (χ3n) is 2.64. The molecule has 15 heavy (non-hydrogen) atoms. The standard InChI is InChI=1S/C10H9Cl2NO2/c11-7-2-1-6(3-8(7)12)10(9(13)14)4-15-5-10/h1-3H,4-5H2,(H2,13,14). The van der Waals surface area contributed by atoms with Gasteiger partial charge in [0.15, 0.2) is 0 Å². The van der Waals surface area contributed by atoms with E-state index in [0.29, 0.717) is 23.3 Å². The quantitative estimate of drug-likeness (QED) is 0.864. The van der Waals surface area contributed by atoms with Crippen LogP contribution in [0, 0.1) is 0 Å². The Balaban J connectivity index is 2.44. The molecule has 0 bridgehead atoms. The zero-order chi connectivity index (χ0) is 11.1. The van der Waals surface area contributed by atoms with Crippen molar-refractivity contribution in [3.05, 3.63) is 33.8 Å². The predicted octanol–water partition coefficient (Wildman–Crippen LogP) is 1.75. The predicted molar refractivity (Wildman–Crippen MR) is 58.2 cm³/mol. The van der Waals surface area contributed by atoms with Crippen molar-refractivity contribution in [3.8, 4) is 0 Å². The van der Waals surface area contributed by atoms with Crippen LogP contribution in [-0.4, -0.2) is 19.1 Å². The Kier molecular flexibility index (Phi) is 2.63. The highest BCUT2D eigenvalue weighted by molar-refractivity contribution is 6.42. The van der Waals surface area contributed by atoms with Gasteiger partial charge in [-0.25, -0.2) is 0 Å². The van der Waals surface area contributed by atoms with Gasteiger partial charge in [-0.15, -0.1) is 0 Å². The number of ether oxygens (including phenoxy) is 1. The van der Waals surface area contributed by atoms with Gasteiger partial charge in [-0.05, 0) is 17.7 Å². The fourth-order valence-corrected chi connectivity index (χ4v) is 1.85. The number of benzene rings is 1. The van der Waals surface area contributed by atoms with Gasteiger partial charge in [-0.1, -0.05) is 29.3 Å². The SMILES string of the molecule is NC(=O)C1(c2ccc(Cl)c(Cl)c2)COC1. The van der Waals surface area contributed by atoms with Crippen LogP contribution < -0.4 is 5.73 Å². The number of halogens is 2. The molecule has 1 saturated heterocycles. The molecule has 1 aliphatic heterocycles. The fourth-order valence-electron chi connectivity index (χ4n) is 1.55. The van der Waals surface area contributed by atoms with Crippen LogP contribution in [0.4, 0.5) is 0 Å². The molecule has 1 heterocycles. The lowest BCUT2D eigenvalue weighted by molar-refractivity contribution is -0.141. The second kappa shape index (κ2) is 3.67. The minimum atomic E-state index is -0.728. The van der Waals surface area contributed by atoms with Gasteiger partial charge in [-0.3, -0.25) is 4.79 Å². The number of hydrogen-bond acceptors (Lipinski definition) is 2. The minimum absolute atomic E-state index is 0.306. The molecule has 0 aliphatic carbocycles. The van der Waals surface area contributed by atoms with Gasteiger partial charge in [0.05, 0.1) is 23.3 Å². The molecule has 1 fully saturated rings. The van der Waals surface area contributed by atoms with Gasteiger partial charge < -0.3 is 10.5 Å². The Morgan fingerprint density at radius 3 is 2.40 bits per heavy atom. The summed E-state index contributed by atoms with van der Waals surface area (Å²) in [7, 11) is 0. The molecule has 80 valence electrons. The second-order valence-corrected chi connectivity index (χ2v) is 4.38. The average molecular weight is 246 g/mol. The molecule has 0 spiro atoms. The van der Waals surface area contributed by atoms with Crippen LogP contribution >= 0.6 is 23.2 Å². The highest BCUT2D eigenvalue weighted by Crippen LogP contribution is 2.35. The van der Waals surface area contributed by atoms with E-state index in [0.717, 1.165) is 5.56 Å². The first-order valence-electron chi connectivity index (χ1n) is 4.39. The van der Waals surface area contributed by atoms with E-state index < -0.39 is 11.3 Å². The van der Waals surface area contributed by atoms with Crippen molar-refractivity contribution < 1.29 is 9.53 Å². The Morgan fingerprint density at radius 1 is 1.33 bits per heavy atom. The highest BCUT2D eigenvalue weighted by atomic mass is 35.5. The molecule has 3 nitrogen and oxygen atoms in total. The summed E-state index contributed by atoms with van der Waals surface area (Å²) in [4.78, 5) is 11.4. The van der Waals surface area contributed by atoms with Crippen molar-refractivity contribution in [2.45, 2.75) is 5.41 Å².